The van der Waals surface area contributed by atoms with Crippen molar-refractivity contribution < 1.29 is 0 Å². The average Bonchev–Trinajstić information content (AvgIpc) is 2.98. The molecule has 100 valence electrons. The Kier molecular flexibility index (Phi) is 3.37. The first kappa shape index (κ1) is 12.2. The Morgan fingerprint density at radius 2 is 2.11 bits per heavy atom. The zero-order chi connectivity index (χ0) is 12.5. The van der Waals surface area contributed by atoms with E-state index in [1.807, 2.05) is 11.7 Å². The molecule has 2 aliphatic carbocycles. The third-order valence-corrected chi connectivity index (χ3v) is 4.86. The molecule has 1 N–H and O–H groups in total. The second-order valence-electron chi connectivity index (χ2n) is 5.86. The van der Waals surface area contributed by atoms with Gasteiger partial charge in [-0.1, -0.05) is 19.8 Å². The van der Waals surface area contributed by atoms with Crippen LogP contribution in [0.2, 0.25) is 0 Å². The fourth-order valence-corrected chi connectivity index (χ4v) is 3.95. The van der Waals surface area contributed by atoms with E-state index in [0.29, 0.717) is 6.04 Å². The number of hydrogen-bond acceptors (Lipinski definition) is 3. The summed E-state index contributed by atoms with van der Waals surface area (Å²) in [5.74, 6) is 4.00. The number of hydrogen-bond donors (Lipinski definition) is 1. The Hall–Kier alpha value is -0.900. The summed E-state index contributed by atoms with van der Waals surface area (Å²) in [6, 6.07) is 0.603. The average molecular weight is 248 g/mol. The third-order valence-electron chi connectivity index (χ3n) is 4.86. The molecule has 2 fully saturated rings. The van der Waals surface area contributed by atoms with Gasteiger partial charge in [0.05, 0.1) is 0 Å². The van der Waals surface area contributed by atoms with Crippen LogP contribution in [0.25, 0.3) is 0 Å². The van der Waals surface area contributed by atoms with Gasteiger partial charge in [0.25, 0.3) is 0 Å². The predicted molar refractivity (Wildman–Crippen MR) is 71.1 cm³/mol. The lowest BCUT2D eigenvalue weighted by Gasteiger charge is -2.17. The summed E-state index contributed by atoms with van der Waals surface area (Å²) >= 11 is 0. The summed E-state index contributed by atoms with van der Waals surface area (Å²) in [7, 11) is 1.99. The van der Waals surface area contributed by atoms with Crippen molar-refractivity contribution >= 4 is 0 Å². The molecule has 18 heavy (non-hydrogen) atoms. The topological polar surface area (TPSA) is 42.7 Å². The van der Waals surface area contributed by atoms with E-state index in [2.05, 4.69) is 22.3 Å². The van der Waals surface area contributed by atoms with E-state index in [0.717, 1.165) is 36.5 Å². The van der Waals surface area contributed by atoms with Gasteiger partial charge < -0.3 is 5.32 Å². The molecule has 2 saturated carbocycles. The first-order chi connectivity index (χ1) is 8.81. The molecule has 0 aliphatic heterocycles. The van der Waals surface area contributed by atoms with E-state index in [9.17, 15) is 0 Å². The number of aryl methyl sites for hydroxylation is 1. The lowest BCUT2D eigenvalue weighted by Crippen LogP contribution is -2.35. The third kappa shape index (κ3) is 2.18. The van der Waals surface area contributed by atoms with Crippen molar-refractivity contribution in [2.45, 2.75) is 45.1 Å². The van der Waals surface area contributed by atoms with E-state index >= 15 is 0 Å². The van der Waals surface area contributed by atoms with Crippen molar-refractivity contribution in [3.05, 3.63) is 12.2 Å². The maximum atomic E-state index is 4.38. The molecule has 0 saturated heterocycles. The number of nitrogens with zero attached hydrogens (tertiary/aromatic N) is 3. The van der Waals surface area contributed by atoms with Gasteiger partial charge in [-0.2, -0.15) is 5.10 Å². The molecule has 0 amide bonds. The lowest BCUT2D eigenvalue weighted by atomic mass is 10.0. The molecule has 4 nitrogen and oxygen atoms in total. The quantitative estimate of drug-likeness (QED) is 0.863. The molecule has 0 radical (unpaired) electrons. The number of likely N-dealkylation sites (N-methyl/N-ethyl adjacent to an activating group) is 1. The second-order valence-corrected chi connectivity index (χ2v) is 5.86. The molecule has 2 aliphatic rings. The molecule has 1 heterocycles. The highest BCUT2D eigenvalue weighted by atomic mass is 15.3. The van der Waals surface area contributed by atoms with Gasteiger partial charge in [0.15, 0.2) is 0 Å². The summed E-state index contributed by atoms with van der Waals surface area (Å²) in [5, 5.41) is 7.86. The Bertz CT molecular complexity index is 388. The van der Waals surface area contributed by atoms with Crippen LogP contribution in [0.1, 0.15) is 38.4 Å². The monoisotopic (exact) mass is 248 g/mol. The lowest BCUT2D eigenvalue weighted by molar-refractivity contribution is 0.424. The summed E-state index contributed by atoms with van der Waals surface area (Å²) in [5.41, 5.74) is 0. The van der Waals surface area contributed by atoms with Gasteiger partial charge >= 0.3 is 0 Å². The number of rotatable bonds is 5. The molecule has 1 aromatic heterocycles. The largest absolute Gasteiger partial charge is 0.314 e. The highest BCUT2D eigenvalue weighted by Crippen LogP contribution is 2.57. The summed E-state index contributed by atoms with van der Waals surface area (Å²) in [6.07, 6.45) is 8.49. The molecular formula is C14H24N4. The Morgan fingerprint density at radius 3 is 2.67 bits per heavy atom. The van der Waals surface area contributed by atoms with E-state index in [4.69, 9.17) is 0 Å². The smallest absolute Gasteiger partial charge is 0.138 e. The van der Waals surface area contributed by atoms with Crippen molar-refractivity contribution in [2.75, 3.05) is 6.54 Å². The van der Waals surface area contributed by atoms with E-state index < -0.39 is 0 Å². The second kappa shape index (κ2) is 5.00. The highest BCUT2D eigenvalue weighted by molar-refractivity contribution is 5.07. The maximum absolute atomic E-state index is 4.38. The molecular weight excluding hydrogens is 224 g/mol. The van der Waals surface area contributed by atoms with Crippen LogP contribution < -0.4 is 5.32 Å². The van der Waals surface area contributed by atoms with Gasteiger partial charge in [0.2, 0.25) is 0 Å². The van der Waals surface area contributed by atoms with Crippen LogP contribution in [0.5, 0.6) is 0 Å². The predicted octanol–water partition coefficient (Wildman–Crippen LogP) is 1.77. The Labute approximate surface area is 109 Å². The van der Waals surface area contributed by atoms with Crippen molar-refractivity contribution in [1.29, 1.82) is 0 Å². The SMILES string of the molecule is CCNC(Cc1ncnn1C)C1C2CCCCC21. The van der Waals surface area contributed by atoms with Crippen LogP contribution >= 0.6 is 0 Å². The molecule has 3 atom stereocenters. The van der Waals surface area contributed by atoms with Gasteiger partial charge in [-0.05, 0) is 37.1 Å². The van der Waals surface area contributed by atoms with Gasteiger partial charge in [-0.3, -0.25) is 4.68 Å². The molecule has 4 heteroatoms. The van der Waals surface area contributed by atoms with Gasteiger partial charge in [0.1, 0.15) is 12.2 Å². The first-order valence-corrected chi connectivity index (χ1v) is 7.37. The van der Waals surface area contributed by atoms with E-state index in [-0.39, 0.29) is 0 Å². The fraction of sp³-hybridized carbons (Fsp3) is 0.857. The van der Waals surface area contributed by atoms with E-state index in [1.54, 1.807) is 6.33 Å². The van der Waals surface area contributed by atoms with Gasteiger partial charge in [0, 0.05) is 19.5 Å². The van der Waals surface area contributed by atoms with Crippen LogP contribution in [0, 0.1) is 17.8 Å². The minimum absolute atomic E-state index is 0.603. The minimum Gasteiger partial charge on any atom is -0.314 e. The van der Waals surface area contributed by atoms with Crippen molar-refractivity contribution in [2.24, 2.45) is 24.8 Å². The Balaban J connectivity index is 1.67. The van der Waals surface area contributed by atoms with Gasteiger partial charge in [-0.25, -0.2) is 4.98 Å². The molecule has 0 aromatic carbocycles. The molecule has 3 unspecified atom stereocenters. The maximum Gasteiger partial charge on any atom is 0.138 e. The van der Waals surface area contributed by atoms with Crippen LogP contribution in [-0.4, -0.2) is 27.4 Å². The normalized spacial score (nSPS) is 32.0. The standard InChI is InChI=1S/C14H24N4/c1-3-15-12(8-13-16-9-17-18(13)2)14-10-6-4-5-7-11(10)14/h9-12,14-15H,3-8H2,1-2H3. The number of fused-ring (bicyclic) bond motifs is 1. The van der Waals surface area contributed by atoms with Crippen molar-refractivity contribution in [1.82, 2.24) is 20.1 Å². The fourth-order valence-electron chi connectivity index (χ4n) is 3.95. The molecule has 1 aromatic rings. The molecule has 0 bridgehead atoms. The summed E-state index contributed by atoms with van der Waals surface area (Å²) < 4.78 is 1.91. The molecule has 0 spiro atoms. The van der Waals surface area contributed by atoms with Crippen molar-refractivity contribution in [3.63, 3.8) is 0 Å². The van der Waals surface area contributed by atoms with Crippen molar-refractivity contribution in [3.8, 4) is 0 Å². The number of nitrogens with one attached hydrogen (secondary N) is 1. The first-order valence-electron chi connectivity index (χ1n) is 7.37. The minimum atomic E-state index is 0.603. The van der Waals surface area contributed by atoms with Crippen LogP contribution in [0.3, 0.4) is 0 Å². The van der Waals surface area contributed by atoms with Crippen LogP contribution in [0.4, 0.5) is 0 Å². The number of aromatic nitrogens is 3. The van der Waals surface area contributed by atoms with Crippen LogP contribution in [-0.2, 0) is 13.5 Å². The summed E-state index contributed by atoms with van der Waals surface area (Å²) in [6.45, 7) is 3.26. The van der Waals surface area contributed by atoms with Crippen LogP contribution in [0.15, 0.2) is 6.33 Å². The highest BCUT2D eigenvalue weighted by Gasteiger charge is 2.53. The zero-order valence-corrected chi connectivity index (χ0v) is 11.5. The van der Waals surface area contributed by atoms with Gasteiger partial charge in [-0.15, -0.1) is 0 Å². The summed E-state index contributed by atoms with van der Waals surface area (Å²) in [4.78, 5) is 4.38. The molecule has 3 rings (SSSR count). The Morgan fingerprint density at radius 1 is 1.39 bits per heavy atom. The van der Waals surface area contributed by atoms with E-state index in [1.165, 1.54) is 25.7 Å². The zero-order valence-electron chi connectivity index (χ0n) is 11.5.